The molecule has 2 aliphatic rings. The Labute approximate surface area is 192 Å². The number of fused-ring (bicyclic) bond motifs is 2. The number of aromatic nitrogens is 1. The van der Waals surface area contributed by atoms with E-state index in [4.69, 9.17) is 0 Å². The Bertz CT molecular complexity index is 1030. The number of rotatable bonds is 5. The molecule has 5 heteroatoms. The van der Waals surface area contributed by atoms with Crippen molar-refractivity contribution in [3.8, 4) is 0 Å². The monoisotopic (exact) mass is 479 g/mol. The van der Waals surface area contributed by atoms with Crippen molar-refractivity contribution in [2.45, 2.75) is 44.6 Å². The van der Waals surface area contributed by atoms with Gasteiger partial charge in [-0.1, -0.05) is 40.2 Å². The number of aromatic amines is 1. The van der Waals surface area contributed by atoms with Crippen LogP contribution >= 0.6 is 15.9 Å². The van der Waals surface area contributed by atoms with Gasteiger partial charge in [0.2, 0.25) is 5.91 Å². The van der Waals surface area contributed by atoms with Crippen molar-refractivity contribution < 1.29 is 4.79 Å². The van der Waals surface area contributed by atoms with Gasteiger partial charge in [-0.2, -0.15) is 0 Å². The lowest BCUT2D eigenvalue weighted by Gasteiger charge is -2.33. The van der Waals surface area contributed by atoms with Crippen LogP contribution in [0.4, 0.5) is 0 Å². The molecule has 162 valence electrons. The van der Waals surface area contributed by atoms with Crippen LogP contribution in [-0.4, -0.2) is 41.5 Å². The van der Waals surface area contributed by atoms with E-state index < -0.39 is 0 Å². The molecule has 1 aromatic heterocycles. The highest BCUT2D eigenvalue weighted by Gasteiger charge is 2.27. The van der Waals surface area contributed by atoms with E-state index >= 15 is 0 Å². The van der Waals surface area contributed by atoms with Gasteiger partial charge in [-0.15, -0.1) is 0 Å². The summed E-state index contributed by atoms with van der Waals surface area (Å²) in [7, 11) is 0. The molecule has 1 fully saturated rings. The van der Waals surface area contributed by atoms with Crippen LogP contribution in [-0.2, 0) is 24.1 Å². The highest BCUT2D eigenvalue weighted by atomic mass is 79.9. The van der Waals surface area contributed by atoms with Gasteiger partial charge in [-0.25, -0.2) is 0 Å². The summed E-state index contributed by atoms with van der Waals surface area (Å²) >= 11 is 3.56. The molecule has 31 heavy (non-hydrogen) atoms. The van der Waals surface area contributed by atoms with Crippen molar-refractivity contribution in [3.63, 3.8) is 0 Å². The van der Waals surface area contributed by atoms with Crippen molar-refractivity contribution in [1.82, 2.24) is 15.2 Å². The highest BCUT2D eigenvalue weighted by Crippen LogP contribution is 2.26. The zero-order chi connectivity index (χ0) is 21.2. The first-order valence-electron chi connectivity index (χ1n) is 11.5. The fraction of sp³-hybridized carbons (Fsp3) is 0.423. The average Bonchev–Trinajstić information content (AvgIpc) is 3.21. The molecule has 5 rings (SSSR count). The van der Waals surface area contributed by atoms with Crippen molar-refractivity contribution in [3.05, 3.63) is 69.8 Å². The normalized spacial score (nSPS) is 20.0. The van der Waals surface area contributed by atoms with Gasteiger partial charge in [0.05, 0.1) is 0 Å². The summed E-state index contributed by atoms with van der Waals surface area (Å²) < 4.78 is 1.14. The molecule has 0 saturated carbocycles. The summed E-state index contributed by atoms with van der Waals surface area (Å²) in [5.74, 6) is 0.427. The van der Waals surface area contributed by atoms with E-state index in [0.717, 1.165) is 62.6 Å². The number of nitrogens with one attached hydrogen (secondary N) is 2. The Kier molecular flexibility index (Phi) is 6.15. The minimum absolute atomic E-state index is 0.163. The van der Waals surface area contributed by atoms with E-state index in [1.807, 2.05) is 0 Å². The van der Waals surface area contributed by atoms with Crippen LogP contribution in [0.5, 0.6) is 0 Å². The molecule has 0 bridgehead atoms. The predicted octanol–water partition coefficient (Wildman–Crippen LogP) is 4.86. The summed E-state index contributed by atoms with van der Waals surface area (Å²) in [6.07, 6.45) is 6.01. The highest BCUT2D eigenvalue weighted by molar-refractivity contribution is 9.10. The molecule has 1 amide bonds. The number of H-pyrrole nitrogens is 1. The van der Waals surface area contributed by atoms with E-state index in [2.05, 4.69) is 79.7 Å². The van der Waals surface area contributed by atoms with Crippen LogP contribution in [0, 0.1) is 5.92 Å². The molecule has 2 aromatic carbocycles. The Morgan fingerprint density at radius 2 is 1.90 bits per heavy atom. The SMILES string of the molecule is O=C(NC1CCc2cc(Br)ccc2C1)C1CCN(CCc2cc3ccccc3[nH]2)CC1. The summed E-state index contributed by atoms with van der Waals surface area (Å²) in [5, 5.41) is 4.64. The number of para-hydroxylation sites is 1. The van der Waals surface area contributed by atoms with Crippen LogP contribution in [0.3, 0.4) is 0 Å². The maximum atomic E-state index is 12.9. The van der Waals surface area contributed by atoms with Gasteiger partial charge in [0, 0.05) is 40.6 Å². The lowest BCUT2D eigenvalue weighted by Crippen LogP contribution is -2.45. The molecule has 2 N–H and O–H groups in total. The standard InChI is InChI=1S/C26H30BrN3O/c27-22-7-5-20-16-23(8-6-19(20)15-22)29-26(31)18-9-12-30(13-10-18)14-11-24-17-21-3-1-2-4-25(21)28-24/h1-5,7,15,17-18,23,28H,6,8-14,16H2,(H,29,31). The van der Waals surface area contributed by atoms with Crippen molar-refractivity contribution in [1.29, 1.82) is 0 Å². The molecular weight excluding hydrogens is 450 g/mol. The van der Waals surface area contributed by atoms with E-state index in [-0.39, 0.29) is 17.9 Å². The molecule has 3 aromatic rings. The average molecular weight is 480 g/mol. The van der Waals surface area contributed by atoms with E-state index in [0.29, 0.717) is 0 Å². The largest absolute Gasteiger partial charge is 0.358 e. The second-order valence-electron chi connectivity index (χ2n) is 9.11. The number of aryl methyl sites for hydroxylation is 1. The first-order valence-corrected chi connectivity index (χ1v) is 12.3. The number of likely N-dealkylation sites (tertiary alicyclic amines) is 1. The second kappa shape index (κ2) is 9.17. The molecule has 4 nitrogen and oxygen atoms in total. The third kappa shape index (κ3) is 4.88. The fourth-order valence-corrected chi connectivity index (χ4v) is 5.54. The minimum atomic E-state index is 0.163. The van der Waals surface area contributed by atoms with Gasteiger partial charge >= 0.3 is 0 Å². The van der Waals surface area contributed by atoms with Gasteiger partial charge in [0.25, 0.3) is 0 Å². The lowest BCUT2D eigenvalue weighted by molar-refractivity contribution is -0.127. The molecule has 1 aliphatic carbocycles. The zero-order valence-electron chi connectivity index (χ0n) is 17.9. The van der Waals surface area contributed by atoms with Crippen LogP contribution in [0.25, 0.3) is 10.9 Å². The summed E-state index contributed by atoms with van der Waals surface area (Å²) in [5.41, 5.74) is 5.31. The topological polar surface area (TPSA) is 48.1 Å². The minimum Gasteiger partial charge on any atom is -0.358 e. The first kappa shape index (κ1) is 20.8. The molecule has 0 radical (unpaired) electrons. The predicted molar refractivity (Wildman–Crippen MR) is 129 cm³/mol. The maximum Gasteiger partial charge on any atom is 0.223 e. The van der Waals surface area contributed by atoms with Crippen molar-refractivity contribution >= 4 is 32.7 Å². The summed E-state index contributed by atoms with van der Waals surface area (Å²) in [4.78, 5) is 18.9. The molecule has 1 atom stereocenters. The van der Waals surface area contributed by atoms with Crippen LogP contribution in [0.1, 0.15) is 36.1 Å². The molecule has 1 unspecified atom stereocenters. The summed E-state index contributed by atoms with van der Waals surface area (Å²) in [6, 6.07) is 17.5. The van der Waals surface area contributed by atoms with E-state index in [1.165, 1.54) is 27.7 Å². The molecule has 2 heterocycles. The number of carbonyl (C=O) groups excluding carboxylic acids is 1. The number of carbonyl (C=O) groups is 1. The van der Waals surface area contributed by atoms with Crippen LogP contribution < -0.4 is 5.32 Å². The Balaban J connectivity index is 1.08. The van der Waals surface area contributed by atoms with E-state index in [9.17, 15) is 4.79 Å². The quantitative estimate of drug-likeness (QED) is 0.548. The number of amides is 1. The van der Waals surface area contributed by atoms with Gasteiger partial charge in [-0.05, 0) is 86.0 Å². The third-order valence-corrected chi connectivity index (χ3v) is 7.48. The lowest BCUT2D eigenvalue weighted by atomic mass is 9.87. The smallest absolute Gasteiger partial charge is 0.223 e. The number of nitrogens with zero attached hydrogens (tertiary/aromatic N) is 1. The summed E-state index contributed by atoms with van der Waals surface area (Å²) in [6.45, 7) is 3.08. The van der Waals surface area contributed by atoms with Gasteiger partial charge in [0.15, 0.2) is 0 Å². The zero-order valence-corrected chi connectivity index (χ0v) is 19.5. The molecule has 1 aliphatic heterocycles. The fourth-order valence-electron chi connectivity index (χ4n) is 5.13. The number of hydrogen-bond acceptors (Lipinski definition) is 2. The number of benzene rings is 2. The third-order valence-electron chi connectivity index (χ3n) is 6.98. The van der Waals surface area contributed by atoms with E-state index in [1.54, 1.807) is 0 Å². The second-order valence-corrected chi connectivity index (χ2v) is 10.0. The molecular formula is C26H30BrN3O. The Morgan fingerprint density at radius 1 is 1.06 bits per heavy atom. The Morgan fingerprint density at radius 3 is 2.74 bits per heavy atom. The van der Waals surface area contributed by atoms with Crippen LogP contribution in [0.2, 0.25) is 0 Å². The number of hydrogen-bond donors (Lipinski definition) is 2. The van der Waals surface area contributed by atoms with Gasteiger partial charge in [-0.3, -0.25) is 4.79 Å². The number of halogens is 1. The van der Waals surface area contributed by atoms with Crippen LogP contribution in [0.15, 0.2) is 53.0 Å². The molecule has 1 saturated heterocycles. The molecule has 0 spiro atoms. The van der Waals surface area contributed by atoms with Gasteiger partial charge < -0.3 is 15.2 Å². The van der Waals surface area contributed by atoms with Gasteiger partial charge in [0.1, 0.15) is 0 Å². The maximum absolute atomic E-state index is 12.9. The van der Waals surface area contributed by atoms with Crippen molar-refractivity contribution in [2.75, 3.05) is 19.6 Å². The van der Waals surface area contributed by atoms with Crippen molar-refractivity contribution in [2.24, 2.45) is 5.92 Å². The first-order chi connectivity index (χ1) is 15.1. The number of piperidine rings is 1. The Hall–Kier alpha value is -2.11.